The Bertz CT molecular complexity index is 527. The van der Waals surface area contributed by atoms with Gasteiger partial charge in [0.1, 0.15) is 11.0 Å². The van der Waals surface area contributed by atoms with Crippen molar-refractivity contribution in [3.63, 3.8) is 0 Å². The van der Waals surface area contributed by atoms with E-state index < -0.39 is 5.82 Å². The molecule has 1 amide bonds. The molecule has 0 aliphatic heterocycles. The number of hydrogen-bond donors (Lipinski definition) is 1. The lowest BCUT2D eigenvalue weighted by Crippen LogP contribution is -2.13. The molecule has 86 valence electrons. The quantitative estimate of drug-likeness (QED) is 0.892. The Morgan fingerprint density at radius 3 is 2.47 bits per heavy atom. The molecular weight excluding hydrogens is 245 g/mol. The van der Waals surface area contributed by atoms with Crippen molar-refractivity contribution in [2.45, 2.75) is 0 Å². The minimum absolute atomic E-state index is 0.241. The lowest BCUT2D eigenvalue weighted by atomic mass is 10.2. The van der Waals surface area contributed by atoms with Gasteiger partial charge in [-0.15, -0.1) is 0 Å². The van der Waals surface area contributed by atoms with E-state index in [-0.39, 0.29) is 16.9 Å². The van der Waals surface area contributed by atoms with E-state index in [1.54, 1.807) is 0 Å². The smallest absolute Gasteiger partial charge is 0.256 e. The second-order valence-electron chi connectivity index (χ2n) is 3.19. The van der Waals surface area contributed by atoms with Crippen LogP contribution in [0.2, 0.25) is 5.15 Å². The van der Waals surface area contributed by atoms with Gasteiger partial charge in [0.15, 0.2) is 5.82 Å². The molecule has 1 heterocycles. The van der Waals surface area contributed by atoms with Crippen LogP contribution in [0.3, 0.4) is 0 Å². The van der Waals surface area contributed by atoms with E-state index in [1.807, 2.05) is 0 Å². The molecule has 6 heteroatoms. The van der Waals surface area contributed by atoms with Gasteiger partial charge in [0, 0.05) is 5.56 Å². The third kappa shape index (κ3) is 2.98. The molecular formula is C11H7ClFN3O. The zero-order valence-electron chi connectivity index (χ0n) is 8.52. The molecule has 4 nitrogen and oxygen atoms in total. The van der Waals surface area contributed by atoms with Crippen molar-refractivity contribution in [2.75, 3.05) is 5.32 Å². The lowest BCUT2D eigenvalue weighted by molar-refractivity contribution is 0.102. The van der Waals surface area contributed by atoms with E-state index >= 15 is 0 Å². The van der Waals surface area contributed by atoms with Crippen molar-refractivity contribution in [3.05, 3.63) is 53.2 Å². The molecule has 0 spiro atoms. The molecule has 0 saturated heterocycles. The first-order valence-electron chi connectivity index (χ1n) is 4.69. The van der Waals surface area contributed by atoms with E-state index in [2.05, 4.69) is 15.3 Å². The summed E-state index contributed by atoms with van der Waals surface area (Å²) in [5.74, 6) is -0.502. The molecule has 0 aliphatic carbocycles. The van der Waals surface area contributed by atoms with Gasteiger partial charge in [0.05, 0.1) is 12.4 Å². The fraction of sp³-hybridized carbons (Fsp3) is 0. The molecule has 2 rings (SSSR count). The van der Waals surface area contributed by atoms with Gasteiger partial charge in [-0.1, -0.05) is 11.6 Å². The van der Waals surface area contributed by atoms with Crippen molar-refractivity contribution >= 4 is 23.3 Å². The highest BCUT2D eigenvalue weighted by atomic mass is 35.5. The minimum atomic E-state index is -0.396. The zero-order chi connectivity index (χ0) is 12.3. The summed E-state index contributed by atoms with van der Waals surface area (Å²) in [5, 5.41) is 2.75. The standard InChI is InChI=1S/C11H7ClFN3O/c12-9-5-15-10(6-14-9)16-11(17)7-1-3-8(13)4-2-7/h1-6H,(H,15,16,17). The number of anilines is 1. The predicted molar refractivity (Wildman–Crippen MR) is 61.4 cm³/mol. The summed E-state index contributed by atoms with van der Waals surface area (Å²) in [5.41, 5.74) is 0.336. The van der Waals surface area contributed by atoms with Crippen LogP contribution in [0.5, 0.6) is 0 Å². The summed E-state index contributed by atoms with van der Waals surface area (Å²) in [6, 6.07) is 5.19. The van der Waals surface area contributed by atoms with Crippen LogP contribution in [0.1, 0.15) is 10.4 Å². The van der Waals surface area contributed by atoms with Gasteiger partial charge in [0.25, 0.3) is 5.91 Å². The number of carbonyl (C=O) groups excluding carboxylic acids is 1. The summed E-state index contributed by atoms with van der Waals surface area (Å²) in [7, 11) is 0. The molecule has 0 radical (unpaired) electrons. The summed E-state index contributed by atoms with van der Waals surface area (Å²) in [6.07, 6.45) is 2.66. The largest absolute Gasteiger partial charge is 0.305 e. The molecule has 0 bridgehead atoms. The Hall–Kier alpha value is -2.01. The van der Waals surface area contributed by atoms with Crippen LogP contribution in [0.4, 0.5) is 10.2 Å². The third-order valence-electron chi connectivity index (χ3n) is 1.97. The summed E-state index contributed by atoms with van der Waals surface area (Å²) in [4.78, 5) is 19.3. The van der Waals surface area contributed by atoms with E-state index in [1.165, 1.54) is 36.7 Å². The molecule has 17 heavy (non-hydrogen) atoms. The van der Waals surface area contributed by atoms with Gasteiger partial charge in [-0.25, -0.2) is 14.4 Å². The zero-order valence-corrected chi connectivity index (χ0v) is 9.28. The van der Waals surface area contributed by atoms with Gasteiger partial charge < -0.3 is 5.32 Å². The number of rotatable bonds is 2. The molecule has 0 aliphatic rings. The van der Waals surface area contributed by atoms with Crippen LogP contribution in [-0.2, 0) is 0 Å². The van der Waals surface area contributed by atoms with E-state index in [4.69, 9.17) is 11.6 Å². The van der Waals surface area contributed by atoms with Gasteiger partial charge in [-0.3, -0.25) is 4.79 Å². The lowest BCUT2D eigenvalue weighted by Gasteiger charge is -2.03. The molecule has 0 unspecified atom stereocenters. The van der Waals surface area contributed by atoms with Gasteiger partial charge in [0.2, 0.25) is 0 Å². The van der Waals surface area contributed by atoms with Gasteiger partial charge in [-0.05, 0) is 24.3 Å². The van der Waals surface area contributed by atoms with E-state index in [9.17, 15) is 9.18 Å². The molecule has 0 atom stereocenters. The van der Waals surface area contributed by atoms with Crippen molar-refractivity contribution in [1.29, 1.82) is 0 Å². The van der Waals surface area contributed by atoms with Crippen LogP contribution in [0.25, 0.3) is 0 Å². The van der Waals surface area contributed by atoms with Crippen LogP contribution >= 0.6 is 11.6 Å². The van der Waals surface area contributed by atoms with Gasteiger partial charge in [-0.2, -0.15) is 0 Å². The molecule has 1 N–H and O–H groups in total. The second kappa shape index (κ2) is 4.88. The van der Waals surface area contributed by atoms with Crippen LogP contribution in [-0.4, -0.2) is 15.9 Å². The first kappa shape index (κ1) is 11.5. The van der Waals surface area contributed by atoms with Crippen LogP contribution < -0.4 is 5.32 Å². The topological polar surface area (TPSA) is 54.9 Å². The predicted octanol–water partition coefficient (Wildman–Crippen LogP) is 2.52. The number of nitrogens with one attached hydrogen (secondary N) is 1. The number of carbonyl (C=O) groups is 1. The van der Waals surface area contributed by atoms with E-state index in [0.29, 0.717) is 5.56 Å². The summed E-state index contributed by atoms with van der Waals surface area (Å²) < 4.78 is 12.7. The maximum Gasteiger partial charge on any atom is 0.256 e. The molecule has 1 aromatic carbocycles. The Morgan fingerprint density at radius 1 is 1.18 bits per heavy atom. The first-order chi connectivity index (χ1) is 8.15. The average molecular weight is 252 g/mol. The minimum Gasteiger partial charge on any atom is -0.305 e. The van der Waals surface area contributed by atoms with Crippen LogP contribution in [0.15, 0.2) is 36.7 Å². The molecule has 0 fully saturated rings. The molecule has 2 aromatic rings. The number of nitrogens with zero attached hydrogens (tertiary/aromatic N) is 2. The number of aromatic nitrogens is 2. The first-order valence-corrected chi connectivity index (χ1v) is 5.07. The number of amides is 1. The van der Waals surface area contributed by atoms with E-state index in [0.717, 1.165) is 0 Å². The summed E-state index contributed by atoms with van der Waals surface area (Å²) in [6.45, 7) is 0. The Balaban J connectivity index is 2.11. The number of benzene rings is 1. The van der Waals surface area contributed by atoms with Crippen molar-refractivity contribution in [1.82, 2.24) is 9.97 Å². The monoisotopic (exact) mass is 251 g/mol. The fourth-order valence-corrected chi connectivity index (χ4v) is 1.26. The molecule has 1 aromatic heterocycles. The highest BCUT2D eigenvalue weighted by Crippen LogP contribution is 2.08. The molecule has 0 saturated carbocycles. The number of hydrogen-bond acceptors (Lipinski definition) is 3. The number of halogens is 2. The van der Waals surface area contributed by atoms with Crippen molar-refractivity contribution in [2.24, 2.45) is 0 Å². The Labute approximate surface area is 101 Å². The summed E-state index contributed by atoms with van der Waals surface area (Å²) >= 11 is 5.55. The van der Waals surface area contributed by atoms with Gasteiger partial charge >= 0.3 is 0 Å². The third-order valence-corrected chi connectivity index (χ3v) is 2.16. The Morgan fingerprint density at radius 2 is 1.88 bits per heavy atom. The maximum atomic E-state index is 12.7. The highest BCUT2D eigenvalue weighted by molar-refractivity contribution is 6.29. The van der Waals surface area contributed by atoms with Crippen molar-refractivity contribution in [3.8, 4) is 0 Å². The SMILES string of the molecule is O=C(Nc1cnc(Cl)cn1)c1ccc(F)cc1. The second-order valence-corrected chi connectivity index (χ2v) is 3.57. The van der Waals surface area contributed by atoms with Crippen LogP contribution in [0, 0.1) is 5.82 Å². The van der Waals surface area contributed by atoms with Crippen molar-refractivity contribution < 1.29 is 9.18 Å². The fourth-order valence-electron chi connectivity index (χ4n) is 1.17. The normalized spacial score (nSPS) is 10.0. The average Bonchev–Trinajstić information content (AvgIpc) is 2.33. The highest BCUT2D eigenvalue weighted by Gasteiger charge is 2.06. The maximum absolute atomic E-state index is 12.7. The Kier molecular flexibility index (Phi) is 3.30.